The molecule has 0 heterocycles. The van der Waals surface area contributed by atoms with E-state index in [4.69, 9.17) is 4.74 Å². The number of hydrogen-bond acceptors (Lipinski definition) is 3. The highest BCUT2D eigenvalue weighted by Gasteiger charge is 1.98. The van der Waals surface area contributed by atoms with E-state index < -0.39 is 16.5 Å². The van der Waals surface area contributed by atoms with Gasteiger partial charge in [0.2, 0.25) is 0 Å². The molecule has 0 N–H and O–H groups in total. The Kier molecular flexibility index (Phi) is 4.94. The standard InChI is InChI=1S/C5H12O3S/c1-3-4-8-5(2)9(6)7/h5H,3-4H2,1-2H3,(H,6,7)/p-1. The fourth-order valence-electron chi connectivity index (χ4n) is 0.339. The zero-order chi connectivity index (χ0) is 7.28. The minimum atomic E-state index is -2.08. The van der Waals surface area contributed by atoms with Gasteiger partial charge in [-0.15, -0.1) is 0 Å². The van der Waals surface area contributed by atoms with Crippen LogP contribution in [0.1, 0.15) is 20.3 Å². The molecular formula is C5H11O3S-. The molecule has 0 saturated heterocycles. The van der Waals surface area contributed by atoms with E-state index in [2.05, 4.69) is 0 Å². The first-order chi connectivity index (χ1) is 4.18. The van der Waals surface area contributed by atoms with Crippen LogP contribution in [0, 0.1) is 0 Å². The van der Waals surface area contributed by atoms with Gasteiger partial charge in [-0.1, -0.05) is 6.92 Å². The van der Waals surface area contributed by atoms with E-state index >= 15 is 0 Å². The summed E-state index contributed by atoms with van der Waals surface area (Å²) in [5.74, 6) is 0. The third-order valence-corrected chi connectivity index (χ3v) is 1.51. The summed E-state index contributed by atoms with van der Waals surface area (Å²) in [6.07, 6.45) is 0.849. The first-order valence-corrected chi connectivity index (χ1v) is 4.02. The Labute approximate surface area is 57.7 Å². The van der Waals surface area contributed by atoms with Crippen molar-refractivity contribution in [2.75, 3.05) is 6.61 Å². The SMILES string of the molecule is CCCOC(C)S(=O)[O-]. The second-order valence-corrected chi connectivity index (χ2v) is 2.88. The number of ether oxygens (including phenoxy) is 1. The molecule has 4 heteroatoms. The van der Waals surface area contributed by atoms with Crippen LogP contribution in [0.2, 0.25) is 0 Å². The first kappa shape index (κ1) is 9.07. The molecule has 56 valence electrons. The topological polar surface area (TPSA) is 49.4 Å². The molecule has 2 unspecified atom stereocenters. The summed E-state index contributed by atoms with van der Waals surface area (Å²) in [4.78, 5) is 0. The zero-order valence-electron chi connectivity index (χ0n) is 5.62. The van der Waals surface area contributed by atoms with Gasteiger partial charge < -0.3 is 9.29 Å². The molecule has 0 aromatic rings. The van der Waals surface area contributed by atoms with Gasteiger partial charge >= 0.3 is 0 Å². The quantitative estimate of drug-likeness (QED) is 0.554. The van der Waals surface area contributed by atoms with Gasteiger partial charge in [0, 0.05) is 6.61 Å². The molecule has 0 saturated carbocycles. The Bertz CT molecular complexity index is 94.2. The lowest BCUT2D eigenvalue weighted by atomic mass is 10.5. The van der Waals surface area contributed by atoms with Crippen LogP contribution in [0.5, 0.6) is 0 Å². The van der Waals surface area contributed by atoms with E-state index in [0.29, 0.717) is 6.61 Å². The van der Waals surface area contributed by atoms with Crippen molar-refractivity contribution in [1.82, 2.24) is 0 Å². The maximum Gasteiger partial charge on any atom is 0.116 e. The molecule has 2 atom stereocenters. The second kappa shape index (κ2) is 4.90. The predicted molar refractivity (Wildman–Crippen MR) is 34.6 cm³/mol. The van der Waals surface area contributed by atoms with Gasteiger partial charge in [-0.25, -0.2) is 0 Å². The molecule has 9 heavy (non-hydrogen) atoms. The van der Waals surface area contributed by atoms with Gasteiger partial charge in [-0.05, 0) is 24.4 Å². The van der Waals surface area contributed by atoms with Crippen molar-refractivity contribution in [3.63, 3.8) is 0 Å². The molecule has 0 radical (unpaired) electrons. The van der Waals surface area contributed by atoms with Crippen LogP contribution >= 0.6 is 0 Å². The third kappa shape index (κ3) is 4.57. The van der Waals surface area contributed by atoms with Gasteiger partial charge in [0.05, 0.1) is 0 Å². The third-order valence-electron chi connectivity index (χ3n) is 0.828. The smallest absolute Gasteiger partial charge is 0.116 e. The zero-order valence-corrected chi connectivity index (χ0v) is 6.44. The van der Waals surface area contributed by atoms with Crippen LogP contribution in [0.25, 0.3) is 0 Å². The van der Waals surface area contributed by atoms with Crippen LogP contribution in [0.4, 0.5) is 0 Å². The highest BCUT2D eigenvalue weighted by Crippen LogP contribution is 1.94. The number of rotatable bonds is 4. The Hall–Kier alpha value is 0.0700. The fourth-order valence-corrected chi connectivity index (χ4v) is 0.547. The highest BCUT2D eigenvalue weighted by atomic mass is 32.2. The van der Waals surface area contributed by atoms with Crippen LogP contribution in [-0.2, 0) is 15.8 Å². The first-order valence-electron chi connectivity index (χ1n) is 2.88. The maximum atomic E-state index is 10.1. The molecule has 0 aliphatic rings. The van der Waals surface area contributed by atoms with E-state index in [1.54, 1.807) is 0 Å². The minimum Gasteiger partial charge on any atom is -0.770 e. The van der Waals surface area contributed by atoms with Gasteiger partial charge in [0.1, 0.15) is 5.44 Å². The Balaban J connectivity index is 3.27. The molecule has 0 aliphatic heterocycles. The van der Waals surface area contributed by atoms with Crippen LogP contribution in [0.3, 0.4) is 0 Å². The van der Waals surface area contributed by atoms with Gasteiger partial charge in [0.25, 0.3) is 0 Å². The van der Waals surface area contributed by atoms with Crippen molar-refractivity contribution in [2.24, 2.45) is 0 Å². The van der Waals surface area contributed by atoms with Gasteiger partial charge in [0.15, 0.2) is 0 Å². The van der Waals surface area contributed by atoms with Gasteiger partial charge in [-0.2, -0.15) is 0 Å². The lowest BCUT2D eigenvalue weighted by Crippen LogP contribution is -2.14. The Morgan fingerprint density at radius 1 is 1.78 bits per heavy atom. The van der Waals surface area contributed by atoms with Crippen molar-refractivity contribution in [1.29, 1.82) is 0 Å². The molecule has 0 amide bonds. The average Bonchev–Trinajstić information content (AvgIpc) is 1.82. The predicted octanol–water partition coefficient (Wildman–Crippen LogP) is 0.638. The highest BCUT2D eigenvalue weighted by molar-refractivity contribution is 7.79. The summed E-state index contributed by atoms with van der Waals surface area (Å²) in [5.41, 5.74) is -0.662. The molecule has 0 aromatic heterocycles. The second-order valence-electron chi connectivity index (χ2n) is 1.70. The Morgan fingerprint density at radius 2 is 2.33 bits per heavy atom. The summed E-state index contributed by atoms with van der Waals surface area (Å²) in [6.45, 7) is 3.95. The molecular weight excluding hydrogens is 140 g/mol. The van der Waals surface area contributed by atoms with Crippen molar-refractivity contribution in [3.8, 4) is 0 Å². The summed E-state index contributed by atoms with van der Waals surface area (Å²) in [5, 5.41) is 0. The van der Waals surface area contributed by atoms with E-state index in [1.165, 1.54) is 6.92 Å². The van der Waals surface area contributed by atoms with E-state index in [9.17, 15) is 8.76 Å². The lowest BCUT2D eigenvalue weighted by Gasteiger charge is -2.14. The summed E-state index contributed by atoms with van der Waals surface area (Å²) in [6, 6.07) is 0. The molecule has 0 rings (SSSR count). The molecule has 0 spiro atoms. The fraction of sp³-hybridized carbons (Fsp3) is 1.00. The summed E-state index contributed by atoms with van der Waals surface area (Å²) in [7, 11) is 0. The largest absolute Gasteiger partial charge is 0.770 e. The van der Waals surface area contributed by atoms with Crippen LogP contribution in [-0.4, -0.2) is 20.8 Å². The van der Waals surface area contributed by atoms with Crippen LogP contribution in [0.15, 0.2) is 0 Å². The van der Waals surface area contributed by atoms with Crippen molar-refractivity contribution in [2.45, 2.75) is 25.7 Å². The molecule has 3 nitrogen and oxygen atoms in total. The van der Waals surface area contributed by atoms with Crippen molar-refractivity contribution >= 4 is 11.1 Å². The molecule has 0 fully saturated rings. The lowest BCUT2D eigenvalue weighted by molar-refractivity contribution is 0.115. The van der Waals surface area contributed by atoms with Crippen LogP contribution < -0.4 is 0 Å². The molecule has 0 aromatic carbocycles. The van der Waals surface area contributed by atoms with Crippen molar-refractivity contribution < 1.29 is 13.5 Å². The number of hydrogen-bond donors (Lipinski definition) is 0. The van der Waals surface area contributed by atoms with Gasteiger partial charge in [-0.3, -0.25) is 4.21 Å². The van der Waals surface area contributed by atoms with E-state index in [1.807, 2.05) is 6.92 Å². The normalized spacial score (nSPS) is 17.2. The maximum absolute atomic E-state index is 10.1. The summed E-state index contributed by atoms with van der Waals surface area (Å²) >= 11 is -2.08. The monoisotopic (exact) mass is 151 g/mol. The van der Waals surface area contributed by atoms with Crippen molar-refractivity contribution in [3.05, 3.63) is 0 Å². The molecule has 0 aliphatic carbocycles. The molecule has 0 bridgehead atoms. The minimum absolute atomic E-state index is 0.509. The van der Waals surface area contributed by atoms with E-state index in [0.717, 1.165) is 6.42 Å². The summed E-state index contributed by atoms with van der Waals surface area (Å²) < 4.78 is 25.0. The Morgan fingerprint density at radius 3 is 2.67 bits per heavy atom. The van der Waals surface area contributed by atoms with E-state index in [-0.39, 0.29) is 0 Å². The average molecular weight is 151 g/mol.